The minimum atomic E-state index is -6.09. The number of aryl methyl sites for hydroxylation is 1. The molecular formula is C22H22F3NO3S. The minimum Gasteiger partial charge on any atom is -0.741 e. The van der Waals surface area contributed by atoms with Crippen molar-refractivity contribution in [2.45, 2.75) is 44.7 Å². The number of hydrogen-bond acceptors (Lipinski definition) is 3. The zero-order valence-electron chi connectivity index (χ0n) is 16.4. The fourth-order valence-corrected chi connectivity index (χ4v) is 2.07. The van der Waals surface area contributed by atoms with E-state index in [1.807, 2.05) is 42.5 Å². The van der Waals surface area contributed by atoms with Gasteiger partial charge in [0.15, 0.2) is 22.9 Å². The predicted molar refractivity (Wildman–Crippen MR) is 107 cm³/mol. The van der Waals surface area contributed by atoms with Crippen LogP contribution in [0.25, 0.3) is 0 Å². The van der Waals surface area contributed by atoms with Gasteiger partial charge in [0, 0.05) is 30.0 Å². The summed E-state index contributed by atoms with van der Waals surface area (Å²) < 4.78 is 61.1. The third-order valence-electron chi connectivity index (χ3n) is 3.58. The molecule has 8 heteroatoms. The number of unbranched alkanes of at least 4 members (excludes halogenated alkanes) is 2. The molecule has 0 bridgehead atoms. The van der Waals surface area contributed by atoms with E-state index in [2.05, 4.69) is 47.4 Å². The third-order valence-corrected chi connectivity index (χ3v) is 4.15. The van der Waals surface area contributed by atoms with Crippen LogP contribution in [0.3, 0.4) is 0 Å². The summed E-state index contributed by atoms with van der Waals surface area (Å²) in [5.74, 6) is 13.0. The quantitative estimate of drug-likeness (QED) is 0.239. The van der Waals surface area contributed by atoms with Gasteiger partial charge in [-0.15, -0.1) is 0 Å². The van der Waals surface area contributed by atoms with E-state index >= 15 is 0 Å². The van der Waals surface area contributed by atoms with Crippen LogP contribution in [0.15, 0.2) is 54.7 Å². The van der Waals surface area contributed by atoms with Gasteiger partial charge in [-0.25, -0.2) is 8.42 Å². The molecule has 0 aliphatic carbocycles. The number of rotatable bonds is 4. The lowest BCUT2D eigenvalue weighted by molar-refractivity contribution is -0.698. The number of alkyl halides is 3. The third kappa shape index (κ3) is 10.1. The monoisotopic (exact) mass is 437 g/mol. The normalized spacial score (nSPS) is 10.6. The highest BCUT2D eigenvalue weighted by atomic mass is 32.2. The Balaban J connectivity index is 0.000000479. The molecular weight excluding hydrogens is 415 g/mol. The standard InChI is InChI=1S/C21H22N.CHF3O3S/c1-2-3-4-8-16-21-17-10-12-19-22(21)18-11-9-15-20-13-6-5-7-14-20;2-1(3,4)8(5,6)7/h5-7,10,12-14,17,19H,2-4,11,18H2,1H3;(H,5,6,7)/q+1;/p-1. The first-order valence-electron chi connectivity index (χ1n) is 9.18. The Kier molecular flexibility index (Phi) is 10.7. The number of pyridine rings is 1. The molecule has 1 aromatic heterocycles. The molecule has 0 atom stereocenters. The van der Waals surface area contributed by atoms with Crippen molar-refractivity contribution in [3.63, 3.8) is 0 Å². The van der Waals surface area contributed by atoms with Gasteiger partial charge < -0.3 is 4.55 Å². The molecule has 2 aromatic rings. The molecule has 0 aliphatic heterocycles. The Morgan fingerprint density at radius 1 is 0.967 bits per heavy atom. The van der Waals surface area contributed by atoms with E-state index in [0.29, 0.717) is 0 Å². The van der Waals surface area contributed by atoms with Gasteiger partial charge in [-0.3, -0.25) is 0 Å². The first kappa shape index (κ1) is 25.2. The second-order valence-electron chi connectivity index (χ2n) is 6.00. The Labute approximate surface area is 175 Å². The predicted octanol–water partition coefficient (Wildman–Crippen LogP) is 4.01. The largest absolute Gasteiger partial charge is 0.741 e. The summed E-state index contributed by atoms with van der Waals surface area (Å²) in [6.07, 6.45) is 6.24. The first-order chi connectivity index (χ1) is 14.1. The van der Waals surface area contributed by atoms with Gasteiger partial charge in [0.25, 0.3) is 5.69 Å². The molecule has 160 valence electrons. The molecule has 0 unspecified atom stereocenters. The molecule has 0 N–H and O–H groups in total. The van der Waals surface area contributed by atoms with Crippen molar-refractivity contribution in [1.82, 2.24) is 0 Å². The average Bonchev–Trinajstić information content (AvgIpc) is 2.69. The van der Waals surface area contributed by atoms with E-state index < -0.39 is 15.6 Å². The zero-order valence-corrected chi connectivity index (χ0v) is 17.3. The maximum atomic E-state index is 10.7. The maximum absolute atomic E-state index is 10.7. The van der Waals surface area contributed by atoms with Gasteiger partial charge in [0.1, 0.15) is 0 Å². The van der Waals surface area contributed by atoms with Gasteiger partial charge in [-0.05, 0) is 24.6 Å². The van der Waals surface area contributed by atoms with E-state index in [1.54, 1.807) is 0 Å². The number of aromatic nitrogens is 1. The van der Waals surface area contributed by atoms with Crippen LogP contribution in [0.2, 0.25) is 0 Å². The van der Waals surface area contributed by atoms with Gasteiger partial charge >= 0.3 is 5.51 Å². The van der Waals surface area contributed by atoms with Gasteiger partial charge in [-0.1, -0.05) is 49.3 Å². The van der Waals surface area contributed by atoms with Crippen molar-refractivity contribution in [2.24, 2.45) is 0 Å². The highest BCUT2D eigenvalue weighted by Gasteiger charge is 2.36. The summed E-state index contributed by atoms with van der Waals surface area (Å²) in [4.78, 5) is 0. The lowest BCUT2D eigenvalue weighted by Crippen LogP contribution is -2.36. The van der Waals surface area contributed by atoms with Gasteiger partial charge in [0.05, 0.1) is 6.42 Å². The van der Waals surface area contributed by atoms with Crippen molar-refractivity contribution in [2.75, 3.05) is 0 Å². The maximum Gasteiger partial charge on any atom is 0.485 e. The van der Waals surface area contributed by atoms with Crippen LogP contribution < -0.4 is 4.57 Å². The van der Waals surface area contributed by atoms with Gasteiger partial charge in [-0.2, -0.15) is 17.7 Å². The van der Waals surface area contributed by atoms with Crippen LogP contribution in [0, 0.1) is 23.7 Å². The first-order valence-corrected chi connectivity index (χ1v) is 10.6. The highest BCUT2D eigenvalue weighted by Crippen LogP contribution is 2.20. The number of hydrogen-bond donors (Lipinski definition) is 0. The molecule has 0 fully saturated rings. The van der Waals surface area contributed by atoms with Gasteiger partial charge in [0.2, 0.25) is 0 Å². The van der Waals surface area contributed by atoms with Crippen LogP contribution in [0.1, 0.15) is 43.9 Å². The summed E-state index contributed by atoms with van der Waals surface area (Å²) in [5, 5.41) is 0. The molecule has 1 heterocycles. The highest BCUT2D eigenvalue weighted by molar-refractivity contribution is 7.86. The van der Waals surface area contributed by atoms with Crippen LogP contribution in [-0.2, 0) is 16.7 Å². The van der Waals surface area contributed by atoms with Crippen LogP contribution in [-0.4, -0.2) is 18.5 Å². The molecule has 0 aliphatic rings. The Morgan fingerprint density at radius 3 is 2.17 bits per heavy atom. The Bertz CT molecular complexity index is 1010. The van der Waals surface area contributed by atoms with E-state index in [0.717, 1.165) is 30.6 Å². The average molecular weight is 437 g/mol. The molecule has 1 aromatic carbocycles. The summed E-state index contributed by atoms with van der Waals surface area (Å²) in [6.45, 7) is 3.06. The van der Waals surface area contributed by atoms with Crippen molar-refractivity contribution < 1.29 is 30.7 Å². The topological polar surface area (TPSA) is 61.1 Å². The molecule has 0 saturated heterocycles. The zero-order chi connectivity index (χ0) is 22.5. The second kappa shape index (κ2) is 12.7. The Hall–Kier alpha value is -2.81. The fraction of sp³-hybridized carbons (Fsp3) is 0.318. The van der Waals surface area contributed by atoms with Crippen molar-refractivity contribution in [1.29, 1.82) is 0 Å². The molecule has 0 amide bonds. The number of nitrogens with zero attached hydrogens (tertiary/aromatic N) is 1. The van der Waals surface area contributed by atoms with Crippen molar-refractivity contribution >= 4 is 10.1 Å². The summed E-state index contributed by atoms with van der Waals surface area (Å²) in [6, 6.07) is 16.3. The molecule has 30 heavy (non-hydrogen) atoms. The van der Waals surface area contributed by atoms with E-state index in [9.17, 15) is 13.2 Å². The summed E-state index contributed by atoms with van der Waals surface area (Å²) in [7, 11) is -6.09. The molecule has 0 spiro atoms. The molecule has 0 radical (unpaired) electrons. The summed E-state index contributed by atoms with van der Waals surface area (Å²) >= 11 is 0. The summed E-state index contributed by atoms with van der Waals surface area (Å²) in [5.41, 5.74) is -3.51. The molecule has 2 rings (SSSR count). The lowest BCUT2D eigenvalue weighted by Gasteiger charge is -2.08. The number of benzene rings is 1. The van der Waals surface area contributed by atoms with Crippen LogP contribution in [0.4, 0.5) is 13.2 Å². The second-order valence-corrected chi connectivity index (χ2v) is 7.37. The van der Waals surface area contributed by atoms with E-state index in [4.69, 9.17) is 13.0 Å². The van der Waals surface area contributed by atoms with E-state index in [1.165, 1.54) is 12.8 Å². The Morgan fingerprint density at radius 2 is 1.57 bits per heavy atom. The fourth-order valence-electron chi connectivity index (χ4n) is 2.07. The lowest BCUT2D eigenvalue weighted by atomic mass is 10.2. The van der Waals surface area contributed by atoms with E-state index in [-0.39, 0.29) is 0 Å². The molecule has 4 nitrogen and oxygen atoms in total. The van der Waals surface area contributed by atoms with Crippen LogP contribution >= 0.6 is 0 Å². The molecule has 0 saturated carbocycles. The SMILES string of the molecule is CCCCC#Cc1cccc[n+]1CCC#Cc1ccccc1.O=S(=O)([O-])C(F)(F)F. The van der Waals surface area contributed by atoms with Crippen LogP contribution in [0.5, 0.6) is 0 Å². The van der Waals surface area contributed by atoms with Crippen molar-refractivity contribution in [3.8, 4) is 23.7 Å². The minimum absolute atomic E-state index is 0.827. The number of halogens is 3. The smallest absolute Gasteiger partial charge is 0.485 e. The van der Waals surface area contributed by atoms with Crippen molar-refractivity contribution in [3.05, 3.63) is 66.0 Å².